The van der Waals surface area contributed by atoms with E-state index < -0.39 is 17.2 Å². The molecule has 28 heavy (non-hydrogen) atoms. The van der Waals surface area contributed by atoms with Crippen molar-refractivity contribution in [3.8, 4) is 11.3 Å². The number of nitrogens with zero attached hydrogens (tertiary/aromatic N) is 4. The van der Waals surface area contributed by atoms with Gasteiger partial charge < -0.3 is 10.5 Å². The summed E-state index contributed by atoms with van der Waals surface area (Å²) in [5, 5.41) is 0. The zero-order chi connectivity index (χ0) is 20.4. The van der Waals surface area contributed by atoms with Gasteiger partial charge in [-0.15, -0.1) is 0 Å². The highest BCUT2D eigenvalue weighted by atomic mass is 32.2. The van der Waals surface area contributed by atoms with Crippen LogP contribution in [0.2, 0.25) is 0 Å². The van der Waals surface area contributed by atoms with Crippen LogP contribution in [-0.2, 0) is 0 Å². The Bertz CT molecular complexity index is 1060. The van der Waals surface area contributed by atoms with E-state index in [4.69, 9.17) is 5.73 Å². The summed E-state index contributed by atoms with van der Waals surface area (Å²) in [4.78, 5) is 25.2. The molecule has 0 amide bonds. The van der Waals surface area contributed by atoms with E-state index in [0.29, 0.717) is 11.3 Å². The Hall–Kier alpha value is -2.75. The topological polar surface area (TPSA) is 98.7 Å². The maximum atomic E-state index is 14.5. The van der Waals surface area contributed by atoms with E-state index in [0.717, 1.165) is 18.6 Å². The van der Waals surface area contributed by atoms with Gasteiger partial charge in [0.25, 0.3) is 5.56 Å². The molecule has 2 heterocycles. The van der Waals surface area contributed by atoms with Crippen molar-refractivity contribution in [3.63, 3.8) is 0 Å². The third kappa shape index (κ3) is 3.77. The summed E-state index contributed by atoms with van der Waals surface area (Å²) in [6.45, 7) is 5.55. The molecule has 0 atom stereocenters. The van der Waals surface area contributed by atoms with E-state index in [2.05, 4.69) is 19.7 Å². The Kier molecular flexibility index (Phi) is 5.78. The van der Waals surface area contributed by atoms with Crippen molar-refractivity contribution in [1.82, 2.24) is 19.5 Å². The Morgan fingerprint density at radius 3 is 2.54 bits per heavy atom. The van der Waals surface area contributed by atoms with Crippen LogP contribution in [0.4, 0.5) is 20.4 Å². The molecule has 1 aromatic carbocycles. The van der Waals surface area contributed by atoms with Crippen LogP contribution in [0.1, 0.15) is 33.2 Å². The van der Waals surface area contributed by atoms with Crippen molar-refractivity contribution in [2.75, 3.05) is 16.2 Å². The second kappa shape index (κ2) is 8.09. The molecule has 148 valence electrons. The van der Waals surface area contributed by atoms with E-state index in [9.17, 15) is 13.6 Å². The van der Waals surface area contributed by atoms with Crippen molar-refractivity contribution in [1.29, 1.82) is 0 Å². The van der Waals surface area contributed by atoms with Crippen molar-refractivity contribution in [3.05, 3.63) is 40.3 Å². The Morgan fingerprint density at radius 2 is 1.93 bits per heavy atom. The molecule has 0 radical (unpaired) electrons. The van der Waals surface area contributed by atoms with Gasteiger partial charge in [-0.25, -0.2) is 18.7 Å². The summed E-state index contributed by atoms with van der Waals surface area (Å²) in [5.74, 6) is -0.892. The van der Waals surface area contributed by atoms with Crippen LogP contribution < -0.4 is 16.0 Å². The van der Waals surface area contributed by atoms with E-state index in [-0.39, 0.29) is 34.6 Å². The summed E-state index contributed by atoms with van der Waals surface area (Å²) in [6, 6.07) is 1.92. The molecule has 0 fully saturated rings. The smallest absolute Gasteiger partial charge is 0.278 e. The van der Waals surface area contributed by atoms with Gasteiger partial charge in [0.2, 0.25) is 5.95 Å². The predicted molar refractivity (Wildman–Crippen MR) is 108 cm³/mol. The quantitative estimate of drug-likeness (QED) is 0.475. The lowest BCUT2D eigenvalue weighted by atomic mass is 10.1. The Balaban J connectivity index is 2.17. The molecule has 10 heteroatoms. The maximum Gasteiger partial charge on any atom is 0.278 e. The molecule has 0 saturated carbocycles. The molecule has 0 unspecified atom stereocenters. The molecular weight excluding hydrogens is 386 g/mol. The first-order valence-corrected chi connectivity index (χ1v) is 9.74. The number of nitrogens with one attached hydrogen (secondary N) is 1. The fraction of sp³-hybridized carbons (Fsp3) is 0.333. The second-order valence-electron chi connectivity index (χ2n) is 6.43. The molecule has 7 nitrogen and oxygen atoms in total. The average Bonchev–Trinajstić information content (AvgIpc) is 2.63. The zero-order valence-corrected chi connectivity index (χ0v) is 16.5. The van der Waals surface area contributed by atoms with Crippen molar-refractivity contribution in [2.45, 2.75) is 33.2 Å². The molecule has 0 aliphatic rings. The van der Waals surface area contributed by atoms with Gasteiger partial charge in [-0.3, -0.25) is 9.36 Å². The third-order valence-electron chi connectivity index (χ3n) is 3.96. The predicted octanol–water partition coefficient (Wildman–Crippen LogP) is 3.76. The number of halogens is 2. The third-order valence-corrected chi connectivity index (χ3v) is 4.92. The highest BCUT2D eigenvalue weighted by Crippen LogP contribution is 2.28. The first-order valence-electron chi connectivity index (χ1n) is 8.75. The summed E-state index contributed by atoms with van der Waals surface area (Å²) < 4.78 is 33.0. The van der Waals surface area contributed by atoms with Gasteiger partial charge in [-0.1, -0.05) is 18.9 Å². The maximum absolute atomic E-state index is 14.5. The lowest BCUT2D eigenvalue weighted by Crippen LogP contribution is -2.26. The second-order valence-corrected chi connectivity index (χ2v) is 7.33. The summed E-state index contributed by atoms with van der Waals surface area (Å²) in [7, 11) is 0. The first kappa shape index (κ1) is 20.0. The number of hydrogen-bond acceptors (Lipinski definition) is 7. The van der Waals surface area contributed by atoms with E-state index in [1.165, 1.54) is 22.7 Å². The van der Waals surface area contributed by atoms with Gasteiger partial charge in [-0.05, 0) is 32.4 Å². The molecule has 0 aliphatic carbocycles. The summed E-state index contributed by atoms with van der Waals surface area (Å²) in [6.07, 6.45) is 2.24. The number of rotatable bonds is 6. The van der Waals surface area contributed by atoms with E-state index >= 15 is 0 Å². The first-order chi connectivity index (χ1) is 13.3. The van der Waals surface area contributed by atoms with E-state index in [1.54, 1.807) is 13.8 Å². The van der Waals surface area contributed by atoms with Gasteiger partial charge in [0.15, 0.2) is 17.3 Å². The molecule has 0 saturated heterocycles. The summed E-state index contributed by atoms with van der Waals surface area (Å²) in [5.41, 5.74) is 5.40. The molecule has 0 bridgehead atoms. The average molecular weight is 406 g/mol. The van der Waals surface area contributed by atoms with Crippen LogP contribution in [0.25, 0.3) is 22.4 Å². The van der Waals surface area contributed by atoms with Gasteiger partial charge in [0.05, 0.1) is 6.20 Å². The molecule has 3 rings (SSSR count). The molecular formula is C18H20F2N6OS. The lowest BCUT2D eigenvalue weighted by Gasteiger charge is -2.15. The fourth-order valence-electron chi connectivity index (χ4n) is 2.71. The molecule has 0 spiro atoms. The number of aromatic nitrogens is 4. The fourth-order valence-corrected chi connectivity index (χ4v) is 3.36. The normalized spacial score (nSPS) is 11.4. The standard InChI is InChI=1S/C18H20F2N6OS/c1-4-5-28-25-15-11(19)6-10(7-12(15)20)14-17(27)26(9(2)3)16-13(23-14)8-22-18(21)24-16/h6-9,25H,4-5H2,1-3H3,(H2,21,22,24). The number of nitrogen functional groups attached to an aromatic ring is 1. The monoisotopic (exact) mass is 406 g/mol. The SMILES string of the molecule is CCCSNc1c(F)cc(-c2nc3cnc(N)nc3n(C(C)C)c2=O)cc1F. The van der Waals surface area contributed by atoms with Crippen molar-refractivity contribution < 1.29 is 8.78 Å². The van der Waals surface area contributed by atoms with E-state index in [1.807, 2.05) is 6.92 Å². The number of anilines is 2. The summed E-state index contributed by atoms with van der Waals surface area (Å²) >= 11 is 1.21. The highest BCUT2D eigenvalue weighted by Gasteiger charge is 2.19. The number of nitrogens with two attached hydrogens (primary N) is 1. The molecule has 3 N–H and O–H groups in total. The van der Waals surface area contributed by atoms with Gasteiger partial charge in [0.1, 0.15) is 16.9 Å². The van der Waals surface area contributed by atoms with Gasteiger partial charge in [0, 0.05) is 17.4 Å². The van der Waals surface area contributed by atoms with Crippen molar-refractivity contribution in [2.24, 2.45) is 0 Å². The minimum atomic E-state index is -0.801. The number of benzene rings is 1. The van der Waals surface area contributed by atoms with Crippen LogP contribution in [0.5, 0.6) is 0 Å². The number of hydrogen-bond donors (Lipinski definition) is 2. The van der Waals surface area contributed by atoms with Crippen LogP contribution in [-0.4, -0.2) is 25.3 Å². The molecule has 3 aromatic rings. The zero-order valence-electron chi connectivity index (χ0n) is 15.7. The minimum Gasteiger partial charge on any atom is -0.368 e. The van der Waals surface area contributed by atoms with Crippen LogP contribution >= 0.6 is 11.9 Å². The Morgan fingerprint density at radius 1 is 1.25 bits per heavy atom. The minimum absolute atomic E-state index is 0.00736. The lowest BCUT2D eigenvalue weighted by molar-refractivity contribution is 0.589. The largest absolute Gasteiger partial charge is 0.368 e. The highest BCUT2D eigenvalue weighted by molar-refractivity contribution is 8.00. The van der Waals surface area contributed by atoms with Crippen molar-refractivity contribution >= 4 is 34.7 Å². The molecule has 2 aromatic heterocycles. The Labute approximate surface area is 164 Å². The van der Waals surface area contributed by atoms with Crippen LogP contribution in [0.15, 0.2) is 23.1 Å². The van der Waals surface area contributed by atoms with Gasteiger partial charge in [-0.2, -0.15) is 4.98 Å². The number of fused-ring (bicyclic) bond motifs is 1. The van der Waals surface area contributed by atoms with Crippen LogP contribution in [0.3, 0.4) is 0 Å². The van der Waals surface area contributed by atoms with Gasteiger partial charge >= 0.3 is 0 Å². The van der Waals surface area contributed by atoms with Crippen LogP contribution in [0, 0.1) is 11.6 Å². The molecule has 0 aliphatic heterocycles.